The van der Waals surface area contributed by atoms with Crippen LogP contribution in [0, 0.1) is 17.7 Å². The van der Waals surface area contributed by atoms with E-state index in [0.717, 1.165) is 22.2 Å². The van der Waals surface area contributed by atoms with Gasteiger partial charge in [0.25, 0.3) is 17.7 Å². The fourth-order valence-corrected chi connectivity index (χ4v) is 5.52. The van der Waals surface area contributed by atoms with Gasteiger partial charge in [-0.1, -0.05) is 43.5 Å². The highest BCUT2D eigenvalue weighted by Gasteiger charge is 2.54. The minimum Gasteiger partial charge on any atom is -0.292 e. The molecule has 2 aromatic rings. The van der Waals surface area contributed by atoms with Crippen LogP contribution in [0.15, 0.2) is 48.5 Å². The van der Waals surface area contributed by atoms with Crippen LogP contribution in [0.5, 0.6) is 0 Å². The number of amides is 3. The largest absolute Gasteiger partial charge is 0.292 e. The third-order valence-electron chi connectivity index (χ3n) is 5.91. The fourth-order valence-electron chi connectivity index (χ4n) is 4.15. The minimum absolute atomic E-state index is 0.00304. The van der Waals surface area contributed by atoms with Crippen LogP contribution in [0.2, 0.25) is 5.02 Å². The smallest absolute Gasteiger partial charge is 0.273 e. The molecule has 0 aromatic heterocycles. The second-order valence-corrected chi connectivity index (χ2v) is 10.8. The zero-order chi connectivity index (χ0) is 23.9. The van der Waals surface area contributed by atoms with E-state index in [-0.39, 0.29) is 20.8 Å². The maximum Gasteiger partial charge on any atom is 0.273 e. The fraction of sp³-hybridized carbons (Fsp3) is 0.304. The quantitative estimate of drug-likeness (QED) is 0.285. The maximum atomic E-state index is 13.4. The van der Waals surface area contributed by atoms with Gasteiger partial charge in [0.2, 0.25) is 0 Å². The average molecular weight is 601 g/mol. The van der Waals surface area contributed by atoms with Crippen molar-refractivity contribution in [2.45, 2.75) is 22.5 Å². The third kappa shape index (κ3) is 4.76. The zero-order valence-electron chi connectivity index (χ0n) is 17.1. The number of carbonyl (C=O) groups is 4. The number of carbonyl (C=O) groups excluding carboxylic acids is 4. The van der Waals surface area contributed by atoms with Gasteiger partial charge in [-0.2, -0.15) is 5.01 Å². The van der Waals surface area contributed by atoms with Gasteiger partial charge in [-0.3, -0.25) is 19.2 Å². The molecule has 0 unspecified atom stereocenters. The number of alkyl halides is 2. The van der Waals surface area contributed by atoms with Crippen molar-refractivity contribution in [2.24, 2.45) is 11.8 Å². The van der Waals surface area contributed by atoms with Crippen molar-refractivity contribution < 1.29 is 23.6 Å². The van der Waals surface area contributed by atoms with Crippen LogP contribution in [0.3, 0.4) is 0 Å². The molecule has 6 nitrogen and oxygen atoms in total. The molecule has 4 atom stereocenters. The maximum absolute atomic E-state index is 13.4. The lowest BCUT2D eigenvalue weighted by atomic mass is 9.81. The second-order valence-electron chi connectivity index (χ2n) is 8.00. The Morgan fingerprint density at radius 2 is 1.39 bits per heavy atom. The summed E-state index contributed by atoms with van der Waals surface area (Å²) < 4.78 is 13.3. The van der Waals surface area contributed by atoms with E-state index in [1.54, 1.807) is 0 Å². The molecule has 2 aliphatic rings. The van der Waals surface area contributed by atoms with E-state index in [1.165, 1.54) is 36.4 Å². The number of hydrazine groups is 1. The van der Waals surface area contributed by atoms with Gasteiger partial charge in [0.15, 0.2) is 5.78 Å². The van der Waals surface area contributed by atoms with E-state index < -0.39 is 47.7 Å². The Kier molecular flexibility index (Phi) is 7.02. The first-order chi connectivity index (χ1) is 15.7. The summed E-state index contributed by atoms with van der Waals surface area (Å²) in [4.78, 5) is 52.9. The van der Waals surface area contributed by atoms with E-state index >= 15 is 0 Å². The third-order valence-corrected chi connectivity index (χ3v) is 8.90. The summed E-state index contributed by atoms with van der Waals surface area (Å²) in [5, 5.41) is 2.12. The number of halogens is 4. The van der Waals surface area contributed by atoms with Gasteiger partial charge in [-0.15, -0.1) is 0 Å². The van der Waals surface area contributed by atoms with E-state index in [4.69, 9.17) is 11.6 Å². The van der Waals surface area contributed by atoms with Crippen molar-refractivity contribution in [2.75, 3.05) is 6.54 Å². The van der Waals surface area contributed by atoms with E-state index in [2.05, 4.69) is 31.9 Å². The number of benzene rings is 2. The van der Waals surface area contributed by atoms with E-state index in [1.807, 2.05) is 0 Å². The van der Waals surface area contributed by atoms with Crippen molar-refractivity contribution in [3.8, 4) is 0 Å². The normalized spacial score (nSPS) is 24.5. The molecule has 0 spiro atoms. The molecule has 10 heteroatoms. The molecule has 2 fully saturated rings. The van der Waals surface area contributed by atoms with Gasteiger partial charge >= 0.3 is 0 Å². The van der Waals surface area contributed by atoms with Crippen LogP contribution in [-0.2, 0) is 9.59 Å². The summed E-state index contributed by atoms with van der Waals surface area (Å²) in [6.45, 7) is -0.556. The average Bonchev–Trinajstić information content (AvgIpc) is 3.02. The summed E-state index contributed by atoms with van der Waals surface area (Å²) in [6.07, 6.45) is 0.854. The van der Waals surface area contributed by atoms with Gasteiger partial charge < -0.3 is 0 Å². The standard InChI is InChI=1S/C23H18Br2ClFN2O4/c24-18-9-16-17(10-19(18)25)23(33)29(22(16)32)28(21(31)13-1-5-14(26)6-2-13)11-20(30)12-3-7-15(27)8-4-12/h1-8,16-19H,9-11H2/t16-,17-,18+,19+/m1/s1. The number of rotatable bonds is 5. The monoisotopic (exact) mass is 598 g/mol. The van der Waals surface area contributed by atoms with Gasteiger partial charge in [0, 0.05) is 25.8 Å². The molecule has 1 saturated heterocycles. The molecule has 1 aliphatic carbocycles. The molecule has 1 heterocycles. The number of fused-ring (bicyclic) bond motifs is 1. The topological polar surface area (TPSA) is 74.8 Å². The first-order valence-corrected chi connectivity index (χ1v) is 12.4. The Bertz CT molecular complexity index is 1080. The van der Waals surface area contributed by atoms with Crippen LogP contribution >= 0.6 is 43.5 Å². The van der Waals surface area contributed by atoms with Crippen LogP contribution in [0.1, 0.15) is 33.6 Å². The Morgan fingerprint density at radius 3 is 1.91 bits per heavy atom. The lowest BCUT2D eigenvalue weighted by molar-refractivity contribution is -0.154. The minimum atomic E-state index is -0.687. The number of imide groups is 1. The molecule has 0 bridgehead atoms. The Labute approximate surface area is 211 Å². The molecule has 1 aliphatic heterocycles. The number of ketones is 1. The van der Waals surface area contributed by atoms with E-state index in [0.29, 0.717) is 17.9 Å². The highest BCUT2D eigenvalue weighted by Crippen LogP contribution is 2.43. The molecule has 33 heavy (non-hydrogen) atoms. The van der Waals surface area contributed by atoms with Crippen LogP contribution < -0.4 is 0 Å². The Balaban J connectivity index is 1.69. The second kappa shape index (κ2) is 9.64. The summed E-state index contributed by atoms with van der Waals surface area (Å²) in [6, 6.07) is 10.8. The molecular weight excluding hydrogens is 583 g/mol. The highest BCUT2D eigenvalue weighted by molar-refractivity contribution is 9.12. The number of hydrogen-bond acceptors (Lipinski definition) is 4. The van der Waals surface area contributed by atoms with E-state index in [9.17, 15) is 23.6 Å². The van der Waals surface area contributed by atoms with Crippen LogP contribution in [0.25, 0.3) is 0 Å². The molecule has 3 amide bonds. The van der Waals surface area contributed by atoms with Crippen molar-refractivity contribution in [3.05, 3.63) is 70.5 Å². The van der Waals surface area contributed by atoms with Gasteiger partial charge in [0.1, 0.15) is 12.4 Å². The molecule has 2 aromatic carbocycles. The number of Topliss-reactive ketones (excluding diaryl/α,β-unsaturated/α-hetero) is 1. The SMILES string of the molecule is O=C(CN(C(=O)c1ccc(Cl)cc1)N1C(=O)[C@@H]2C[C@H](Br)[C@@H](Br)C[C@H]2C1=O)c1ccc(F)cc1. The zero-order valence-corrected chi connectivity index (χ0v) is 21.0. The van der Waals surface area contributed by atoms with Crippen molar-refractivity contribution >= 4 is 67.0 Å². The number of hydrogen-bond donors (Lipinski definition) is 0. The van der Waals surface area contributed by atoms with Crippen molar-refractivity contribution in [1.82, 2.24) is 10.0 Å². The molecule has 0 radical (unpaired) electrons. The van der Waals surface area contributed by atoms with Gasteiger partial charge in [-0.25, -0.2) is 9.40 Å². The lowest BCUT2D eigenvalue weighted by Crippen LogP contribution is -2.52. The van der Waals surface area contributed by atoms with Crippen molar-refractivity contribution in [1.29, 1.82) is 0 Å². The lowest BCUT2D eigenvalue weighted by Gasteiger charge is -2.30. The highest BCUT2D eigenvalue weighted by atomic mass is 79.9. The summed E-state index contributed by atoms with van der Waals surface area (Å²) >= 11 is 13.0. The first-order valence-electron chi connectivity index (χ1n) is 10.2. The van der Waals surface area contributed by atoms with Crippen LogP contribution in [-0.4, -0.2) is 49.7 Å². The Morgan fingerprint density at radius 1 is 0.909 bits per heavy atom. The first kappa shape index (κ1) is 24.0. The predicted octanol–water partition coefficient (Wildman–Crippen LogP) is 4.64. The van der Waals surface area contributed by atoms with Gasteiger partial charge in [0.05, 0.1) is 11.8 Å². The number of nitrogens with zero attached hydrogens (tertiary/aromatic N) is 2. The van der Waals surface area contributed by atoms with Crippen molar-refractivity contribution in [3.63, 3.8) is 0 Å². The van der Waals surface area contributed by atoms with Gasteiger partial charge in [-0.05, 0) is 61.4 Å². The predicted molar refractivity (Wildman–Crippen MR) is 127 cm³/mol. The molecule has 172 valence electrons. The Hall–Kier alpha value is -2.10. The van der Waals surface area contributed by atoms with Crippen LogP contribution in [0.4, 0.5) is 4.39 Å². The summed E-state index contributed by atoms with van der Waals surface area (Å²) in [7, 11) is 0. The summed E-state index contributed by atoms with van der Waals surface area (Å²) in [5.74, 6) is -3.93. The molecule has 1 saturated carbocycles. The molecule has 4 rings (SSSR count). The molecular formula is C23H18Br2ClFN2O4. The molecule has 0 N–H and O–H groups in total. The summed E-state index contributed by atoms with van der Waals surface area (Å²) in [5.41, 5.74) is 0.321.